The fourth-order valence-electron chi connectivity index (χ4n) is 8.83. The molecule has 0 amide bonds. The number of unbranched alkanes of at least 4 members (excludes halogenated alkanes) is 35. The third kappa shape index (κ3) is 57.9. The highest BCUT2D eigenvalue weighted by Gasteiger charge is 2.19. The van der Waals surface area contributed by atoms with E-state index in [4.69, 9.17) is 14.2 Å². The minimum Gasteiger partial charge on any atom is -0.462 e. The van der Waals surface area contributed by atoms with Gasteiger partial charge in [-0.05, 0) is 89.9 Å². The van der Waals surface area contributed by atoms with E-state index in [0.29, 0.717) is 19.3 Å². The smallest absolute Gasteiger partial charge is 0.306 e. The molecule has 6 heteroatoms. The number of hydrogen-bond acceptors (Lipinski definition) is 6. The van der Waals surface area contributed by atoms with Gasteiger partial charge in [0.1, 0.15) is 13.2 Å². The van der Waals surface area contributed by atoms with Gasteiger partial charge in [-0.3, -0.25) is 14.4 Å². The molecular formula is C65H116O6. The standard InChI is InChI=1S/C65H116O6/c1-4-7-10-13-16-19-22-25-28-31-32-35-38-41-44-47-50-53-56-59-65(68)71-62(60-69-63(66)57-54-51-48-45-42-39-36-33-29-26-23-20-17-14-11-8-5-2)61-70-64(67)58-55-52-49-46-43-40-37-34-30-27-24-21-18-15-12-9-6-3/h16,19,25-26,28-29,32,35,41,44,62H,4-15,17-18,20-24,27,30-31,33-34,36-40,42-43,45-61H2,1-3H3/b19-16-,28-25-,29-26-,35-32-,44-41-/t62-/m1/s1. The highest BCUT2D eigenvalue weighted by atomic mass is 16.6. The Bertz CT molecular complexity index is 1280. The van der Waals surface area contributed by atoms with Gasteiger partial charge in [0, 0.05) is 19.3 Å². The first-order chi connectivity index (χ1) is 35.0. The fraction of sp³-hybridized carbons (Fsp3) is 0.800. The average molecular weight is 994 g/mol. The Hall–Kier alpha value is -2.89. The molecule has 0 N–H and O–H groups in total. The van der Waals surface area contributed by atoms with E-state index in [-0.39, 0.29) is 31.1 Å². The maximum Gasteiger partial charge on any atom is 0.306 e. The largest absolute Gasteiger partial charge is 0.462 e. The monoisotopic (exact) mass is 993 g/mol. The number of esters is 3. The van der Waals surface area contributed by atoms with Gasteiger partial charge >= 0.3 is 17.9 Å². The van der Waals surface area contributed by atoms with Crippen molar-refractivity contribution in [3.05, 3.63) is 60.8 Å². The van der Waals surface area contributed by atoms with E-state index < -0.39 is 6.10 Å². The van der Waals surface area contributed by atoms with Crippen molar-refractivity contribution in [3.63, 3.8) is 0 Å². The zero-order valence-corrected chi connectivity index (χ0v) is 47.2. The molecule has 0 heterocycles. The van der Waals surface area contributed by atoms with E-state index in [1.165, 1.54) is 193 Å². The Kier molecular flexibility index (Phi) is 57.2. The van der Waals surface area contributed by atoms with Crippen LogP contribution in [-0.2, 0) is 28.6 Å². The second-order valence-electron chi connectivity index (χ2n) is 20.6. The quantitative estimate of drug-likeness (QED) is 0.0261. The summed E-state index contributed by atoms with van der Waals surface area (Å²) in [5.74, 6) is -0.905. The number of rotatable bonds is 56. The Morgan fingerprint density at radius 2 is 0.507 bits per heavy atom. The first kappa shape index (κ1) is 68.1. The summed E-state index contributed by atoms with van der Waals surface area (Å²) in [6, 6.07) is 0. The summed E-state index contributed by atoms with van der Waals surface area (Å²) >= 11 is 0. The van der Waals surface area contributed by atoms with E-state index in [1.807, 2.05) is 0 Å². The number of allylic oxidation sites excluding steroid dienone is 10. The van der Waals surface area contributed by atoms with Gasteiger partial charge in [-0.2, -0.15) is 0 Å². The Labute approximate surface area is 440 Å². The molecule has 0 unspecified atom stereocenters. The molecular weight excluding hydrogens is 877 g/mol. The summed E-state index contributed by atoms with van der Waals surface area (Å²) in [6.07, 6.45) is 75.0. The van der Waals surface area contributed by atoms with Crippen LogP contribution in [0.1, 0.15) is 316 Å². The maximum atomic E-state index is 12.9. The molecule has 0 radical (unpaired) electrons. The Balaban J connectivity index is 4.42. The van der Waals surface area contributed by atoms with Crippen molar-refractivity contribution >= 4 is 17.9 Å². The normalized spacial score (nSPS) is 12.4. The van der Waals surface area contributed by atoms with Crippen molar-refractivity contribution in [1.82, 2.24) is 0 Å². The number of carbonyl (C=O) groups is 3. The zero-order valence-electron chi connectivity index (χ0n) is 47.2. The highest BCUT2D eigenvalue weighted by molar-refractivity contribution is 5.71. The van der Waals surface area contributed by atoms with Crippen LogP contribution in [0.5, 0.6) is 0 Å². The van der Waals surface area contributed by atoms with Crippen LogP contribution >= 0.6 is 0 Å². The van der Waals surface area contributed by atoms with Crippen LogP contribution < -0.4 is 0 Å². The van der Waals surface area contributed by atoms with Gasteiger partial charge in [0.05, 0.1) is 0 Å². The molecule has 0 spiro atoms. The second-order valence-corrected chi connectivity index (χ2v) is 20.6. The van der Waals surface area contributed by atoms with Crippen LogP contribution in [0.4, 0.5) is 0 Å². The van der Waals surface area contributed by atoms with Crippen LogP contribution in [-0.4, -0.2) is 37.2 Å². The molecule has 0 saturated heterocycles. The van der Waals surface area contributed by atoms with Crippen molar-refractivity contribution in [3.8, 4) is 0 Å². The lowest BCUT2D eigenvalue weighted by Gasteiger charge is -2.18. The van der Waals surface area contributed by atoms with Gasteiger partial charge in [0.15, 0.2) is 6.10 Å². The van der Waals surface area contributed by atoms with Crippen LogP contribution in [0.2, 0.25) is 0 Å². The average Bonchev–Trinajstić information content (AvgIpc) is 3.37. The maximum absolute atomic E-state index is 12.9. The predicted octanol–water partition coefficient (Wildman–Crippen LogP) is 20.8. The summed E-state index contributed by atoms with van der Waals surface area (Å²) in [6.45, 7) is 6.62. The van der Waals surface area contributed by atoms with E-state index >= 15 is 0 Å². The van der Waals surface area contributed by atoms with Crippen molar-refractivity contribution in [2.24, 2.45) is 0 Å². The third-order valence-corrected chi connectivity index (χ3v) is 13.5. The van der Waals surface area contributed by atoms with Crippen molar-refractivity contribution < 1.29 is 28.6 Å². The molecule has 6 nitrogen and oxygen atoms in total. The molecule has 0 aliphatic heterocycles. The molecule has 0 aliphatic carbocycles. The second kappa shape index (κ2) is 59.7. The first-order valence-corrected chi connectivity index (χ1v) is 30.8. The molecule has 1 atom stereocenters. The molecule has 0 saturated carbocycles. The molecule has 0 aromatic heterocycles. The van der Waals surface area contributed by atoms with E-state index in [2.05, 4.69) is 81.5 Å². The SMILES string of the molecule is CCCCC/C=C\C/C=C\C/C=C\C/C=C\CCCCCC(=O)O[C@H](COC(=O)CCCCCCCCC/C=C\CCCCCCCC)COC(=O)CCCCCCCCCCCCCCCCCCC. The van der Waals surface area contributed by atoms with Gasteiger partial charge in [-0.1, -0.05) is 268 Å². The zero-order chi connectivity index (χ0) is 51.4. The summed E-state index contributed by atoms with van der Waals surface area (Å²) in [7, 11) is 0. The Morgan fingerprint density at radius 1 is 0.282 bits per heavy atom. The van der Waals surface area contributed by atoms with Gasteiger partial charge < -0.3 is 14.2 Å². The van der Waals surface area contributed by atoms with E-state index in [1.54, 1.807) is 0 Å². The summed E-state index contributed by atoms with van der Waals surface area (Å²) in [4.78, 5) is 38.3. The predicted molar refractivity (Wildman–Crippen MR) is 307 cm³/mol. The van der Waals surface area contributed by atoms with Crippen LogP contribution in [0.3, 0.4) is 0 Å². The molecule has 0 bridgehead atoms. The van der Waals surface area contributed by atoms with E-state index in [9.17, 15) is 14.4 Å². The minimum atomic E-state index is -0.792. The summed E-state index contributed by atoms with van der Waals surface area (Å²) in [5.41, 5.74) is 0. The number of carbonyl (C=O) groups excluding carboxylic acids is 3. The van der Waals surface area contributed by atoms with Crippen molar-refractivity contribution in [2.45, 2.75) is 322 Å². The highest BCUT2D eigenvalue weighted by Crippen LogP contribution is 2.16. The summed E-state index contributed by atoms with van der Waals surface area (Å²) in [5, 5.41) is 0. The minimum absolute atomic E-state index is 0.0855. The first-order valence-electron chi connectivity index (χ1n) is 30.8. The van der Waals surface area contributed by atoms with E-state index in [0.717, 1.165) is 83.5 Å². The Morgan fingerprint density at radius 3 is 0.845 bits per heavy atom. The fourth-order valence-corrected chi connectivity index (χ4v) is 8.83. The molecule has 0 fully saturated rings. The molecule has 71 heavy (non-hydrogen) atoms. The molecule has 0 aliphatic rings. The topological polar surface area (TPSA) is 78.9 Å². The van der Waals surface area contributed by atoms with Crippen molar-refractivity contribution in [1.29, 1.82) is 0 Å². The van der Waals surface area contributed by atoms with Crippen molar-refractivity contribution in [2.75, 3.05) is 13.2 Å². The van der Waals surface area contributed by atoms with Gasteiger partial charge in [-0.25, -0.2) is 0 Å². The lowest BCUT2D eigenvalue weighted by molar-refractivity contribution is -0.167. The van der Waals surface area contributed by atoms with Crippen LogP contribution in [0.25, 0.3) is 0 Å². The number of ether oxygens (including phenoxy) is 3. The molecule has 0 aromatic rings. The molecule has 0 rings (SSSR count). The van der Waals surface area contributed by atoms with Gasteiger partial charge in [0.25, 0.3) is 0 Å². The van der Waals surface area contributed by atoms with Crippen LogP contribution in [0.15, 0.2) is 60.8 Å². The lowest BCUT2D eigenvalue weighted by Crippen LogP contribution is -2.30. The molecule has 412 valence electrons. The lowest BCUT2D eigenvalue weighted by atomic mass is 10.0. The van der Waals surface area contributed by atoms with Crippen LogP contribution in [0, 0.1) is 0 Å². The van der Waals surface area contributed by atoms with Gasteiger partial charge in [-0.15, -0.1) is 0 Å². The van der Waals surface area contributed by atoms with Gasteiger partial charge in [0.2, 0.25) is 0 Å². The number of hydrogen-bond donors (Lipinski definition) is 0. The molecule has 0 aromatic carbocycles. The summed E-state index contributed by atoms with van der Waals surface area (Å²) < 4.78 is 16.9. The third-order valence-electron chi connectivity index (χ3n) is 13.5.